The van der Waals surface area contributed by atoms with Crippen molar-refractivity contribution in [2.75, 3.05) is 33.9 Å². The number of aromatic nitrogens is 8. The number of ether oxygens (including phenoxy) is 2. The van der Waals surface area contributed by atoms with E-state index in [0.29, 0.717) is 58.5 Å². The molecule has 13 nitrogen and oxygen atoms in total. The molecule has 4 aromatic carbocycles. The minimum Gasteiger partial charge on any atom is -0.496 e. The molecule has 0 radical (unpaired) electrons. The maximum atomic E-state index is 13.3. The van der Waals surface area contributed by atoms with Crippen LogP contribution in [0.3, 0.4) is 0 Å². The molecule has 0 amide bonds. The van der Waals surface area contributed by atoms with Gasteiger partial charge in [-0.2, -0.15) is 9.78 Å². The van der Waals surface area contributed by atoms with Crippen molar-refractivity contribution in [3.05, 3.63) is 192 Å². The van der Waals surface area contributed by atoms with Crippen LogP contribution in [-0.2, 0) is 25.7 Å². The number of methoxy groups -OCH3 is 2. The van der Waals surface area contributed by atoms with Crippen molar-refractivity contribution in [1.29, 1.82) is 0 Å². The summed E-state index contributed by atoms with van der Waals surface area (Å²) >= 11 is 5.27. The zero-order chi connectivity index (χ0) is 48.7. The Hall–Kier alpha value is -7.49. The molecule has 1 N–H and O–H groups in total. The summed E-state index contributed by atoms with van der Waals surface area (Å²) in [4.78, 5) is 43.5. The molecule has 0 fully saturated rings. The van der Waals surface area contributed by atoms with Crippen molar-refractivity contribution in [1.82, 2.24) is 44.8 Å². The average molecular weight is 943 g/mol. The van der Waals surface area contributed by atoms with Gasteiger partial charge in [-0.1, -0.05) is 69.3 Å². The Kier molecular flexibility index (Phi) is 20.6. The van der Waals surface area contributed by atoms with Gasteiger partial charge in [0.1, 0.15) is 34.8 Å². The van der Waals surface area contributed by atoms with Crippen LogP contribution in [0.25, 0.3) is 22.8 Å². The number of nitrogens with zero attached hydrogens (tertiary/aromatic N) is 8. The molecule has 352 valence electrons. The number of hydrogen-bond acceptors (Lipinski definition) is 11. The minimum atomic E-state index is -0.498. The topological polar surface area (TPSA) is 154 Å². The molecule has 0 aliphatic rings. The number of rotatable bonds is 15. The molecule has 4 heterocycles. The summed E-state index contributed by atoms with van der Waals surface area (Å²) in [6.45, 7) is 10.1. The van der Waals surface area contributed by atoms with Gasteiger partial charge in [-0.05, 0) is 128 Å². The highest BCUT2D eigenvalue weighted by atomic mass is 35.5. The zero-order valence-electron chi connectivity index (χ0n) is 38.7. The first-order valence-corrected chi connectivity index (χ1v) is 22.3. The Labute approximate surface area is 400 Å². The van der Waals surface area contributed by atoms with E-state index in [1.165, 1.54) is 62.8 Å². The molecule has 8 rings (SSSR count). The average Bonchev–Trinajstić information content (AvgIpc) is 4.06. The van der Waals surface area contributed by atoms with E-state index in [2.05, 4.69) is 60.9 Å². The minimum absolute atomic E-state index is 0.215. The van der Waals surface area contributed by atoms with Crippen molar-refractivity contribution >= 4 is 22.8 Å². The number of halogens is 3. The predicted molar refractivity (Wildman–Crippen MR) is 260 cm³/mol. The van der Waals surface area contributed by atoms with Crippen molar-refractivity contribution < 1.29 is 27.8 Å². The number of hydrogen-bond donors (Lipinski definition) is 1. The number of para-hydroxylation sites is 2. The van der Waals surface area contributed by atoms with Gasteiger partial charge in [0.25, 0.3) is 11.1 Å². The molecule has 0 bridgehead atoms. The van der Waals surface area contributed by atoms with Gasteiger partial charge in [0, 0.05) is 48.8 Å². The molecule has 0 saturated heterocycles. The molecule has 0 aliphatic carbocycles. The van der Waals surface area contributed by atoms with Crippen molar-refractivity contribution in [2.45, 2.75) is 46.5 Å². The van der Waals surface area contributed by atoms with E-state index in [0.717, 1.165) is 35.4 Å². The lowest BCUT2D eigenvalue weighted by Crippen LogP contribution is -2.21. The molecular weight excluding hydrogens is 888 g/mol. The van der Waals surface area contributed by atoms with Gasteiger partial charge in [-0.3, -0.25) is 24.7 Å². The summed E-state index contributed by atoms with van der Waals surface area (Å²) in [6, 6.07) is 34.0. The zero-order valence-corrected chi connectivity index (χ0v) is 39.4. The molecular formula is C52H54ClF2N9O4. The van der Waals surface area contributed by atoms with Crippen molar-refractivity contribution in [2.24, 2.45) is 0 Å². The molecule has 4 aromatic heterocycles. The molecule has 68 heavy (non-hydrogen) atoms. The van der Waals surface area contributed by atoms with E-state index in [-0.39, 0.29) is 17.5 Å². The fourth-order valence-corrected chi connectivity index (χ4v) is 6.71. The summed E-state index contributed by atoms with van der Waals surface area (Å²) in [7, 11) is 3.02. The SMILES string of the molecule is CCN(CC)CC.COc1ccccc1C(=O)Cl.COc1ccccc1C(=O)n1nc(-c2cccnc2)nc1CCc1ccc(F)cc1.Fc1ccc(CCc2nc(-c3cccnc3)n[nH]2)cc1. The Balaban J connectivity index is 0.000000194. The van der Waals surface area contributed by atoms with Crippen LogP contribution in [-0.4, -0.2) is 89.8 Å². The van der Waals surface area contributed by atoms with Gasteiger partial charge in [0.05, 0.1) is 25.3 Å². The standard InChI is InChI=1S/C23H19FN4O2.C15H13FN4.C8H7ClO2.C6H15N/c1-30-20-7-3-2-6-19(20)23(29)28-21(13-10-16-8-11-18(24)12-9-16)26-22(27-28)17-5-4-14-25-15-17;16-13-6-3-11(4-7-13)5-8-14-18-15(20-19-14)12-2-1-9-17-10-12;1-11-7-5-3-2-4-6(7)8(9)10;1-4-7(5-2)6-3/h2-9,11-12,14-15H,10,13H2,1H3;1-4,6-7,9-10H,5,8H2,(H,18,19,20);2-5H,1H3;4-6H2,1-3H3. The van der Waals surface area contributed by atoms with Crippen LogP contribution in [0.15, 0.2) is 146 Å². The number of H-pyrrole nitrogens is 1. The summed E-state index contributed by atoms with van der Waals surface area (Å²) in [5, 5.41) is 11.1. The van der Waals surface area contributed by atoms with E-state index in [1.54, 1.807) is 104 Å². The maximum Gasteiger partial charge on any atom is 0.283 e. The van der Waals surface area contributed by atoms with Gasteiger partial charge >= 0.3 is 0 Å². The first kappa shape index (κ1) is 51.5. The third-order valence-electron chi connectivity index (χ3n) is 10.3. The molecule has 0 aliphatic heterocycles. The Morgan fingerprint density at radius 1 is 0.618 bits per heavy atom. The van der Waals surface area contributed by atoms with E-state index < -0.39 is 5.24 Å². The van der Waals surface area contributed by atoms with Crippen LogP contribution in [0.2, 0.25) is 0 Å². The number of aryl methyl sites for hydroxylation is 4. The number of nitrogens with one attached hydrogen (secondary N) is 1. The molecule has 0 atom stereocenters. The normalized spacial score (nSPS) is 10.4. The van der Waals surface area contributed by atoms with Gasteiger partial charge < -0.3 is 14.4 Å². The first-order valence-electron chi connectivity index (χ1n) is 22.0. The lowest BCUT2D eigenvalue weighted by atomic mass is 10.1. The second-order valence-electron chi connectivity index (χ2n) is 14.7. The Morgan fingerprint density at radius 2 is 1.12 bits per heavy atom. The molecule has 0 saturated carbocycles. The second kappa shape index (κ2) is 27.2. The molecule has 8 aromatic rings. The summed E-state index contributed by atoms with van der Waals surface area (Å²) < 4.78 is 37.5. The van der Waals surface area contributed by atoms with Gasteiger partial charge in [0.2, 0.25) is 0 Å². The fraction of sp³-hybridized carbons (Fsp3) is 0.231. The number of carbonyl (C=O) groups excluding carboxylic acids is 2. The lowest BCUT2D eigenvalue weighted by Gasteiger charge is -2.13. The molecule has 0 spiro atoms. The largest absolute Gasteiger partial charge is 0.496 e. The smallest absolute Gasteiger partial charge is 0.283 e. The third kappa shape index (κ3) is 15.6. The van der Waals surface area contributed by atoms with Crippen LogP contribution >= 0.6 is 11.6 Å². The van der Waals surface area contributed by atoms with E-state index in [1.807, 2.05) is 18.2 Å². The highest BCUT2D eigenvalue weighted by Crippen LogP contribution is 2.22. The van der Waals surface area contributed by atoms with E-state index in [4.69, 9.17) is 21.1 Å². The number of benzene rings is 4. The quantitative estimate of drug-likeness (QED) is 0.0977. The van der Waals surface area contributed by atoms with Gasteiger partial charge in [-0.25, -0.2) is 18.7 Å². The summed E-state index contributed by atoms with van der Waals surface area (Å²) in [6.07, 6.45) is 9.33. The van der Waals surface area contributed by atoms with Crippen molar-refractivity contribution in [3.8, 4) is 34.3 Å². The van der Waals surface area contributed by atoms with Crippen LogP contribution in [0.4, 0.5) is 8.78 Å². The van der Waals surface area contributed by atoms with Gasteiger partial charge in [-0.15, -0.1) is 5.10 Å². The van der Waals surface area contributed by atoms with Crippen LogP contribution in [0.5, 0.6) is 11.5 Å². The van der Waals surface area contributed by atoms with Crippen LogP contribution in [0, 0.1) is 11.6 Å². The highest BCUT2D eigenvalue weighted by molar-refractivity contribution is 6.68. The van der Waals surface area contributed by atoms with Crippen molar-refractivity contribution in [3.63, 3.8) is 0 Å². The number of aromatic amines is 1. The monoisotopic (exact) mass is 941 g/mol. The summed E-state index contributed by atoms with van der Waals surface area (Å²) in [5.41, 5.74) is 4.41. The van der Waals surface area contributed by atoms with Crippen LogP contribution in [0.1, 0.15) is 64.3 Å². The highest BCUT2D eigenvalue weighted by Gasteiger charge is 2.21. The number of pyridine rings is 2. The van der Waals surface area contributed by atoms with Crippen LogP contribution < -0.4 is 9.47 Å². The van der Waals surface area contributed by atoms with Gasteiger partial charge in [0.15, 0.2) is 11.6 Å². The predicted octanol–water partition coefficient (Wildman–Crippen LogP) is 10.2. The lowest BCUT2D eigenvalue weighted by molar-refractivity contribution is 0.0937. The van der Waals surface area contributed by atoms with E-state index in [9.17, 15) is 18.4 Å². The molecule has 16 heteroatoms. The first-order chi connectivity index (χ1) is 33.1. The Bertz CT molecular complexity index is 2750. The maximum absolute atomic E-state index is 13.3. The Morgan fingerprint density at radius 3 is 1.59 bits per heavy atom. The third-order valence-corrected chi connectivity index (χ3v) is 10.6. The summed E-state index contributed by atoms with van der Waals surface area (Å²) in [5.74, 6) is 2.52. The molecule has 0 unspecified atom stereocenters. The van der Waals surface area contributed by atoms with E-state index >= 15 is 0 Å². The second-order valence-corrected chi connectivity index (χ2v) is 15.0. The number of carbonyl (C=O) groups is 2. The fourth-order valence-electron chi connectivity index (χ4n) is 6.55.